The van der Waals surface area contributed by atoms with Crippen LogP contribution in [0.2, 0.25) is 0 Å². The molecule has 1 aliphatic rings. The van der Waals surface area contributed by atoms with Crippen molar-refractivity contribution < 1.29 is 0 Å². The Morgan fingerprint density at radius 2 is 2.07 bits per heavy atom. The smallest absolute Gasteiger partial charge is 0.254 e. The Morgan fingerprint density at radius 1 is 1.40 bits per heavy atom. The molecule has 84 valence electrons. The molecule has 0 amide bonds. The lowest BCUT2D eigenvalue weighted by molar-refractivity contribution is 0.718. The van der Waals surface area contributed by atoms with Crippen LogP contribution in [0.4, 0.5) is 0 Å². The van der Waals surface area contributed by atoms with Crippen molar-refractivity contribution in [1.29, 1.82) is 0 Å². The van der Waals surface area contributed by atoms with Gasteiger partial charge < -0.3 is 9.88 Å². The average Bonchev–Trinajstić information content (AvgIpc) is 2.64. The summed E-state index contributed by atoms with van der Waals surface area (Å²) in [5.74, 6) is 0. The number of halogens is 1. The van der Waals surface area contributed by atoms with Gasteiger partial charge in [0.05, 0.1) is 0 Å². The summed E-state index contributed by atoms with van der Waals surface area (Å²) in [4.78, 5) is 13.0. The SMILES string of the molecule is CSc1c2c(n(C)c(=O)c1C)CNC2.Cl. The van der Waals surface area contributed by atoms with E-state index in [1.807, 2.05) is 20.2 Å². The van der Waals surface area contributed by atoms with E-state index in [1.54, 1.807) is 16.3 Å². The molecule has 0 aliphatic carbocycles. The van der Waals surface area contributed by atoms with E-state index in [9.17, 15) is 4.79 Å². The Balaban J connectivity index is 0.00000112. The van der Waals surface area contributed by atoms with Crippen molar-refractivity contribution in [1.82, 2.24) is 9.88 Å². The highest BCUT2D eigenvalue weighted by molar-refractivity contribution is 7.98. The van der Waals surface area contributed by atoms with Gasteiger partial charge in [-0.1, -0.05) is 0 Å². The summed E-state index contributed by atoms with van der Waals surface area (Å²) in [6.07, 6.45) is 2.03. The van der Waals surface area contributed by atoms with Crippen LogP contribution in [0.25, 0.3) is 0 Å². The molecule has 0 unspecified atom stereocenters. The van der Waals surface area contributed by atoms with Gasteiger partial charge in [-0.25, -0.2) is 0 Å². The van der Waals surface area contributed by atoms with Crippen molar-refractivity contribution in [3.05, 3.63) is 27.2 Å². The van der Waals surface area contributed by atoms with Crippen molar-refractivity contribution in [2.75, 3.05) is 6.26 Å². The molecule has 0 atom stereocenters. The number of fused-ring (bicyclic) bond motifs is 1. The van der Waals surface area contributed by atoms with Crippen molar-refractivity contribution in [2.24, 2.45) is 7.05 Å². The molecule has 0 spiro atoms. The van der Waals surface area contributed by atoms with E-state index in [-0.39, 0.29) is 18.0 Å². The molecule has 1 aliphatic heterocycles. The summed E-state index contributed by atoms with van der Waals surface area (Å²) >= 11 is 1.67. The molecule has 5 heteroatoms. The predicted molar refractivity (Wildman–Crippen MR) is 66.0 cm³/mol. The minimum atomic E-state index is 0. The quantitative estimate of drug-likeness (QED) is 0.762. The number of rotatable bonds is 1. The molecule has 1 N–H and O–H groups in total. The van der Waals surface area contributed by atoms with Crippen LogP contribution < -0.4 is 10.9 Å². The third-order valence-electron chi connectivity index (χ3n) is 2.79. The first kappa shape index (κ1) is 12.6. The minimum absolute atomic E-state index is 0. The van der Waals surface area contributed by atoms with Crippen molar-refractivity contribution in [3.8, 4) is 0 Å². The Bertz CT molecular complexity index is 442. The molecular formula is C10H15ClN2OS. The Labute approximate surface area is 99.7 Å². The van der Waals surface area contributed by atoms with E-state index in [4.69, 9.17) is 0 Å². The number of aromatic nitrogens is 1. The molecule has 15 heavy (non-hydrogen) atoms. The maximum Gasteiger partial charge on any atom is 0.254 e. The van der Waals surface area contributed by atoms with Gasteiger partial charge in [0.25, 0.3) is 5.56 Å². The zero-order valence-corrected chi connectivity index (χ0v) is 10.7. The molecule has 0 saturated carbocycles. The van der Waals surface area contributed by atoms with Gasteiger partial charge in [-0.15, -0.1) is 24.2 Å². The van der Waals surface area contributed by atoms with E-state index >= 15 is 0 Å². The van der Waals surface area contributed by atoms with Gasteiger partial charge in [0.1, 0.15) is 0 Å². The van der Waals surface area contributed by atoms with Crippen molar-refractivity contribution in [3.63, 3.8) is 0 Å². The normalized spacial score (nSPS) is 13.5. The minimum Gasteiger partial charge on any atom is -0.314 e. The summed E-state index contributed by atoms with van der Waals surface area (Å²) in [5, 5.41) is 3.28. The standard InChI is InChI=1S/C10H14N2OS.ClH/c1-6-9(14-3)7-4-11-5-8(7)12(2)10(6)13;/h11H,4-5H2,1-3H3;1H. The van der Waals surface area contributed by atoms with Crippen molar-refractivity contribution in [2.45, 2.75) is 24.9 Å². The summed E-state index contributed by atoms with van der Waals surface area (Å²) in [6, 6.07) is 0. The van der Waals surface area contributed by atoms with Crippen molar-refractivity contribution >= 4 is 24.2 Å². The van der Waals surface area contributed by atoms with Crippen LogP contribution in [0.5, 0.6) is 0 Å². The zero-order chi connectivity index (χ0) is 10.3. The summed E-state index contributed by atoms with van der Waals surface area (Å²) < 4.78 is 1.77. The van der Waals surface area contributed by atoms with Crippen LogP contribution >= 0.6 is 24.2 Å². The van der Waals surface area contributed by atoms with Gasteiger partial charge in [-0.3, -0.25) is 4.79 Å². The first-order valence-electron chi connectivity index (χ1n) is 4.63. The summed E-state index contributed by atoms with van der Waals surface area (Å²) in [7, 11) is 1.85. The first-order valence-corrected chi connectivity index (χ1v) is 5.85. The Hall–Kier alpha value is -0.450. The molecule has 2 rings (SSSR count). The molecule has 0 bridgehead atoms. The number of hydrogen-bond donors (Lipinski definition) is 1. The van der Waals surface area contributed by atoms with Gasteiger partial charge in [0.2, 0.25) is 0 Å². The predicted octanol–water partition coefficient (Wildman–Crippen LogP) is 1.44. The molecule has 0 radical (unpaired) electrons. The monoisotopic (exact) mass is 246 g/mol. The van der Waals surface area contributed by atoms with Gasteiger partial charge in [0.15, 0.2) is 0 Å². The molecule has 0 aromatic carbocycles. The lowest BCUT2D eigenvalue weighted by Gasteiger charge is -2.12. The molecule has 3 nitrogen and oxygen atoms in total. The van der Waals surface area contributed by atoms with Crippen LogP contribution in [0.3, 0.4) is 0 Å². The second kappa shape index (κ2) is 4.60. The fourth-order valence-electron chi connectivity index (χ4n) is 2.02. The van der Waals surface area contributed by atoms with E-state index in [1.165, 1.54) is 5.56 Å². The zero-order valence-electron chi connectivity index (χ0n) is 9.09. The fraction of sp³-hybridized carbons (Fsp3) is 0.500. The Kier molecular flexibility index (Phi) is 3.87. The van der Waals surface area contributed by atoms with E-state index in [2.05, 4.69) is 5.32 Å². The highest BCUT2D eigenvalue weighted by Gasteiger charge is 2.20. The second-order valence-corrected chi connectivity index (χ2v) is 4.37. The maximum absolute atomic E-state index is 11.8. The topological polar surface area (TPSA) is 34.0 Å². The molecular weight excluding hydrogens is 232 g/mol. The molecule has 0 saturated heterocycles. The molecule has 2 heterocycles. The van der Waals surface area contributed by atoms with E-state index in [0.29, 0.717) is 0 Å². The Morgan fingerprint density at radius 3 is 2.67 bits per heavy atom. The largest absolute Gasteiger partial charge is 0.314 e. The van der Waals surface area contributed by atoms with Gasteiger partial charge in [-0.2, -0.15) is 0 Å². The number of thioether (sulfide) groups is 1. The van der Waals surface area contributed by atoms with Crippen LogP contribution in [0.1, 0.15) is 16.8 Å². The lowest BCUT2D eigenvalue weighted by atomic mass is 10.1. The highest BCUT2D eigenvalue weighted by atomic mass is 35.5. The van der Waals surface area contributed by atoms with Crippen LogP contribution in [-0.4, -0.2) is 10.8 Å². The van der Waals surface area contributed by atoms with Gasteiger partial charge in [0, 0.05) is 41.9 Å². The second-order valence-electron chi connectivity index (χ2n) is 3.55. The number of nitrogens with one attached hydrogen (secondary N) is 1. The number of nitrogens with zero attached hydrogens (tertiary/aromatic N) is 1. The summed E-state index contributed by atoms with van der Waals surface area (Å²) in [5.41, 5.74) is 3.46. The lowest BCUT2D eigenvalue weighted by Crippen LogP contribution is -2.24. The van der Waals surface area contributed by atoms with Gasteiger partial charge >= 0.3 is 0 Å². The summed E-state index contributed by atoms with van der Waals surface area (Å²) in [6.45, 7) is 3.61. The molecule has 1 aromatic heterocycles. The maximum atomic E-state index is 11.8. The fourth-order valence-corrected chi connectivity index (χ4v) is 2.85. The average molecular weight is 247 g/mol. The van der Waals surface area contributed by atoms with E-state index in [0.717, 1.165) is 29.2 Å². The molecule has 1 aromatic rings. The third-order valence-corrected chi connectivity index (χ3v) is 3.75. The van der Waals surface area contributed by atoms with Gasteiger partial charge in [-0.05, 0) is 13.2 Å². The third kappa shape index (κ3) is 1.82. The highest BCUT2D eigenvalue weighted by Crippen LogP contribution is 2.27. The van der Waals surface area contributed by atoms with Crippen LogP contribution in [0.15, 0.2) is 9.69 Å². The molecule has 0 fully saturated rings. The van der Waals surface area contributed by atoms with E-state index < -0.39 is 0 Å². The van der Waals surface area contributed by atoms with Crippen LogP contribution in [0, 0.1) is 6.92 Å². The first-order chi connectivity index (χ1) is 6.66. The number of hydrogen-bond acceptors (Lipinski definition) is 3. The number of pyridine rings is 1. The van der Waals surface area contributed by atoms with Crippen LogP contribution in [-0.2, 0) is 20.1 Å².